The van der Waals surface area contributed by atoms with Gasteiger partial charge < -0.3 is 15.1 Å². The first-order valence-electron chi connectivity index (χ1n) is 12.2. The third-order valence-electron chi connectivity index (χ3n) is 6.54. The molecule has 0 amide bonds. The molecular formula is C28H26N8O. The van der Waals surface area contributed by atoms with E-state index in [9.17, 15) is 4.79 Å². The number of nitrogens with one attached hydrogen (secondary N) is 1. The van der Waals surface area contributed by atoms with E-state index in [0.717, 1.165) is 31.9 Å². The predicted octanol–water partition coefficient (Wildman–Crippen LogP) is 3.73. The molecule has 6 rings (SSSR count). The maximum atomic E-state index is 13.4. The van der Waals surface area contributed by atoms with Gasteiger partial charge in [-0.25, -0.2) is 9.97 Å². The zero-order valence-corrected chi connectivity index (χ0v) is 20.5. The Morgan fingerprint density at radius 2 is 1.57 bits per heavy atom. The summed E-state index contributed by atoms with van der Waals surface area (Å²) < 4.78 is 1.37. The Labute approximate surface area is 214 Å². The van der Waals surface area contributed by atoms with Crippen LogP contribution in [0.5, 0.6) is 0 Å². The topological polar surface area (TPSA) is 92.1 Å². The summed E-state index contributed by atoms with van der Waals surface area (Å²) in [6.45, 7) is 4.15. The lowest BCUT2D eigenvalue weighted by Gasteiger charge is -2.34. The summed E-state index contributed by atoms with van der Waals surface area (Å²) in [5.74, 6) is 0.385. The van der Waals surface area contributed by atoms with Crippen LogP contribution < -0.4 is 15.8 Å². The minimum atomic E-state index is -0.288. The molecule has 5 aromatic rings. The second kappa shape index (κ2) is 9.79. The van der Waals surface area contributed by atoms with E-state index >= 15 is 0 Å². The molecule has 0 unspecified atom stereocenters. The first-order chi connectivity index (χ1) is 18.2. The molecule has 1 saturated heterocycles. The van der Waals surface area contributed by atoms with Gasteiger partial charge in [0, 0.05) is 49.9 Å². The Morgan fingerprint density at radius 1 is 0.811 bits per heavy atom. The third-order valence-corrected chi connectivity index (χ3v) is 6.54. The normalized spacial score (nSPS) is 14.1. The highest BCUT2D eigenvalue weighted by molar-refractivity contribution is 5.90. The quantitative estimate of drug-likeness (QED) is 0.399. The number of rotatable bonds is 5. The molecule has 1 aliphatic heterocycles. The number of pyridine rings is 1. The van der Waals surface area contributed by atoms with Gasteiger partial charge in [-0.1, -0.05) is 24.3 Å². The minimum Gasteiger partial charge on any atom is -0.369 e. The molecule has 3 aromatic heterocycles. The van der Waals surface area contributed by atoms with Gasteiger partial charge in [-0.2, -0.15) is 9.78 Å². The number of piperazine rings is 1. The average molecular weight is 491 g/mol. The summed E-state index contributed by atoms with van der Waals surface area (Å²) >= 11 is 0. The molecule has 0 atom stereocenters. The number of aromatic nitrogens is 5. The van der Waals surface area contributed by atoms with Crippen molar-refractivity contribution in [1.82, 2.24) is 29.6 Å². The Hall–Kier alpha value is -4.63. The van der Waals surface area contributed by atoms with E-state index in [1.807, 2.05) is 60.7 Å². The lowest BCUT2D eigenvalue weighted by atomic mass is 10.2. The molecule has 9 heteroatoms. The van der Waals surface area contributed by atoms with Crippen molar-refractivity contribution < 1.29 is 0 Å². The molecule has 0 saturated carbocycles. The van der Waals surface area contributed by atoms with Crippen LogP contribution in [-0.2, 0) is 0 Å². The van der Waals surface area contributed by atoms with Crippen LogP contribution in [0.1, 0.15) is 0 Å². The number of para-hydroxylation sites is 1. The maximum Gasteiger partial charge on any atom is 0.282 e. The Balaban J connectivity index is 1.37. The molecule has 184 valence electrons. The molecule has 1 N–H and O–H groups in total. The van der Waals surface area contributed by atoms with Crippen molar-refractivity contribution in [3.05, 3.63) is 95.5 Å². The Morgan fingerprint density at radius 3 is 2.30 bits per heavy atom. The van der Waals surface area contributed by atoms with E-state index in [2.05, 4.69) is 49.4 Å². The van der Waals surface area contributed by atoms with Crippen molar-refractivity contribution >= 4 is 28.2 Å². The standard InChI is InChI=1S/C28H26N8O/c1-34-15-17-35(18-16-34)21-12-10-20(11-13-21)31-28-30-19-23-25(32-28)26(24-9-5-6-14-29-24)33-36(27(23)37)22-7-3-2-4-8-22/h2-14,19H,15-18H2,1H3,(H,30,31,32). The molecular weight excluding hydrogens is 464 g/mol. The van der Waals surface area contributed by atoms with Gasteiger partial charge in [0.25, 0.3) is 5.56 Å². The van der Waals surface area contributed by atoms with Crippen LogP contribution in [0.15, 0.2) is 90.0 Å². The Bertz CT molecular complexity index is 1580. The van der Waals surface area contributed by atoms with Crippen LogP contribution in [0, 0.1) is 0 Å². The molecule has 0 spiro atoms. The van der Waals surface area contributed by atoms with Crippen molar-refractivity contribution in [2.24, 2.45) is 0 Å². The van der Waals surface area contributed by atoms with Gasteiger partial charge in [-0.05, 0) is 55.6 Å². The smallest absolute Gasteiger partial charge is 0.282 e. The second-order valence-corrected chi connectivity index (χ2v) is 9.03. The molecule has 0 aliphatic carbocycles. The number of hydrogen-bond acceptors (Lipinski definition) is 8. The molecule has 0 bridgehead atoms. The van der Waals surface area contributed by atoms with Gasteiger partial charge in [-0.15, -0.1) is 0 Å². The van der Waals surface area contributed by atoms with E-state index in [4.69, 9.17) is 4.98 Å². The average Bonchev–Trinajstić information content (AvgIpc) is 2.95. The number of fused-ring (bicyclic) bond motifs is 1. The van der Waals surface area contributed by atoms with Gasteiger partial charge in [0.2, 0.25) is 5.95 Å². The van der Waals surface area contributed by atoms with E-state index in [0.29, 0.717) is 33.9 Å². The van der Waals surface area contributed by atoms with Gasteiger partial charge in [-0.3, -0.25) is 9.78 Å². The third kappa shape index (κ3) is 4.64. The fraction of sp³-hybridized carbons (Fsp3) is 0.179. The fourth-order valence-corrected chi connectivity index (χ4v) is 4.45. The Kier molecular flexibility index (Phi) is 6.03. The minimum absolute atomic E-state index is 0.288. The fourth-order valence-electron chi connectivity index (χ4n) is 4.45. The summed E-state index contributed by atoms with van der Waals surface area (Å²) in [5, 5.41) is 8.31. The summed E-state index contributed by atoms with van der Waals surface area (Å²) in [6, 6.07) is 23.1. The summed E-state index contributed by atoms with van der Waals surface area (Å²) in [4.78, 5) is 31.7. The van der Waals surface area contributed by atoms with Crippen LogP contribution in [0.25, 0.3) is 28.0 Å². The summed E-state index contributed by atoms with van der Waals surface area (Å²) in [5.41, 5.74) is 4.01. The van der Waals surface area contributed by atoms with Crippen molar-refractivity contribution in [3.8, 4) is 17.1 Å². The molecule has 9 nitrogen and oxygen atoms in total. The highest BCUT2D eigenvalue weighted by Gasteiger charge is 2.18. The van der Waals surface area contributed by atoms with Crippen molar-refractivity contribution in [2.75, 3.05) is 43.4 Å². The maximum absolute atomic E-state index is 13.4. The van der Waals surface area contributed by atoms with E-state index in [-0.39, 0.29) is 5.56 Å². The molecule has 0 radical (unpaired) electrons. The van der Waals surface area contributed by atoms with E-state index in [1.54, 1.807) is 12.4 Å². The lowest BCUT2D eigenvalue weighted by Crippen LogP contribution is -2.44. The summed E-state index contributed by atoms with van der Waals surface area (Å²) in [7, 11) is 2.15. The molecule has 1 aliphatic rings. The van der Waals surface area contributed by atoms with Crippen LogP contribution in [0.4, 0.5) is 17.3 Å². The van der Waals surface area contributed by atoms with Crippen LogP contribution in [-0.4, -0.2) is 62.9 Å². The van der Waals surface area contributed by atoms with Crippen LogP contribution in [0.2, 0.25) is 0 Å². The number of benzene rings is 2. The number of hydrogen-bond donors (Lipinski definition) is 1. The lowest BCUT2D eigenvalue weighted by molar-refractivity contribution is 0.313. The van der Waals surface area contributed by atoms with Crippen molar-refractivity contribution in [1.29, 1.82) is 0 Å². The number of likely N-dealkylation sites (N-methyl/N-ethyl adjacent to an activating group) is 1. The SMILES string of the molecule is CN1CCN(c2ccc(Nc3ncc4c(=O)n(-c5ccccc5)nc(-c5ccccn5)c4n3)cc2)CC1. The zero-order valence-electron chi connectivity index (χ0n) is 20.5. The van der Waals surface area contributed by atoms with Crippen molar-refractivity contribution in [2.45, 2.75) is 0 Å². The second-order valence-electron chi connectivity index (χ2n) is 9.03. The van der Waals surface area contributed by atoms with E-state index in [1.165, 1.54) is 10.4 Å². The van der Waals surface area contributed by atoms with Gasteiger partial charge in [0.1, 0.15) is 11.2 Å². The largest absolute Gasteiger partial charge is 0.369 e. The van der Waals surface area contributed by atoms with Gasteiger partial charge in [0.15, 0.2) is 0 Å². The van der Waals surface area contributed by atoms with Crippen molar-refractivity contribution in [3.63, 3.8) is 0 Å². The molecule has 2 aromatic carbocycles. The zero-order chi connectivity index (χ0) is 25.2. The van der Waals surface area contributed by atoms with Gasteiger partial charge in [0.05, 0.1) is 16.8 Å². The number of anilines is 3. The summed E-state index contributed by atoms with van der Waals surface area (Å²) in [6.07, 6.45) is 3.25. The first kappa shape index (κ1) is 22.8. The monoisotopic (exact) mass is 490 g/mol. The number of nitrogens with zero attached hydrogens (tertiary/aromatic N) is 7. The highest BCUT2D eigenvalue weighted by Crippen LogP contribution is 2.25. The van der Waals surface area contributed by atoms with Crippen LogP contribution in [0.3, 0.4) is 0 Å². The predicted molar refractivity (Wildman–Crippen MR) is 146 cm³/mol. The van der Waals surface area contributed by atoms with E-state index < -0.39 is 0 Å². The van der Waals surface area contributed by atoms with Gasteiger partial charge >= 0.3 is 0 Å². The first-order valence-corrected chi connectivity index (χ1v) is 12.2. The molecule has 1 fully saturated rings. The molecule has 37 heavy (non-hydrogen) atoms. The highest BCUT2D eigenvalue weighted by atomic mass is 16.1. The molecule has 4 heterocycles. The van der Waals surface area contributed by atoms with Crippen LogP contribution >= 0.6 is 0 Å².